The fourth-order valence-corrected chi connectivity index (χ4v) is 6.66. The zero-order chi connectivity index (χ0) is 25.4. The minimum Gasteiger partial charge on any atom is -0.493 e. The number of piperidine rings is 1. The highest BCUT2D eigenvalue weighted by atomic mass is 16.5. The van der Waals surface area contributed by atoms with Gasteiger partial charge in [0, 0.05) is 57.3 Å². The van der Waals surface area contributed by atoms with Gasteiger partial charge in [0.05, 0.1) is 12.2 Å². The van der Waals surface area contributed by atoms with E-state index < -0.39 is 5.60 Å². The Balaban J connectivity index is 1.47. The van der Waals surface area contributed by atoms with Gasteiger partial charge in [-0.1, -0.05) is 43.9 Å². The van der Waals surface area contributed by atoms with Crippen LogP contribution in [-0.2, 0) is 16.8 Å². The van der Waals surface area contributed by atoms with Gasteiger partial charge in [0.25, 0.3) is 0 Å². The molecule has 3 atom stereocenters. The molecule has 3 N–H and O–H groups in total. The van der Waals surface area contributed by atoms with Crippen LogP contribution in [0.1, 0.15) is 75.3 Å². The van der Waals surface area contributed by atoms with Crippen LogP contribution in [0.15, 0.2) is 18.2 Å². The molecule has 2 unspecified atom stereocenters. The molecule has 7 nitrogen and oxygen atoms in total. The fraction of sp³-hybridized carbons (Fsp3) is 0.759. The lowest BCUT2D eigenvalue weighted by molar-refractivity contribution is -0.0577. The average molecular weight is 502 g/mol. The molecule has 0 aromatic heterocycles. The Kier molecular flexibility index (Phi) is 9.91. The Morgan fingerprint density at radius 3 is 2.86 bits per heavy atom. The second kappa shape index (κ2) is 13.1. The van der Waals surface area contributed by atoms with Gasteiger partial charge in [0.2, 0.25) is 0 Å². The molecule has 2 heterocycles. The number of fused-ring (bicyclic) bond motifs is 1. The third-order valence-electron chi connectivity index (χ3n) is 8.59. The van der Waals surface area contributed by atoms with E-state index in [1.165, 1.54) is 31.2 Å². The Labute approximate surface area is 217 Å². The fourth-order valence-electron chi connectivity index (χ4n) is 6.66. The first-order chi connectivity index (χ1) is 17.5. The van der Waals surface area contributed by atoms with Crippen LogP contribution in [0.4, 0.5) is 4.79 Å². The van der Waals surface area contributed by atoms with Crippen LogP contribution in [0.3, 0.4) is 0 Å². The summed E-state index contributed by atoms with van der Waals surface area (Å²) >= 11 is 0. The predicted molar refractivity (Wildman–Crippen MR) is 142 cm³/mol. The smallest absolute Gasteiger partial charge is 0.317 e. The number of benzene rings is 1. The van der Waals surface area contributed by atoms with Gasteiger partial charge in [-0.25, -0.2) is 4.79 Å². The van der Waals surface area contributed by atoms with E-state index in [4.69, 9.17) is 9.47 Å². The van der Waals surface area contributed by atoms with Gasteiger partial charge in [-0.2, -0.15) is 0 Å². The Hall–Kier alpha value is -1.83. The molecule has 2 amide bonds. The first-order valence-corrected chi connectivity index (χ1v) is 14.2. The number of rotatable bonds is 12. The minimum absolute atomic E-state index is 0.00854. The molecular weight excluding hydrogens is 454 g/mol. The number of likely N-dealkylation sites (N-methyl/N-ethyl adjacent to an activating group) is 1. The summed E-state index contributed by atoms with van der Waals surface area (Å²) in [6.07, 6.45) is 11.3. The van der Waals surface area contributed by atoms with Crippen molar-refractivity contribution in [2.45, 2.75) is 82.3 Å². The number of carbonyl (C=O) groups is 1. The number of likely N-dealkylation sites (tertiary alicyclic amines) is 1. The van der Waals surface area contributed by atoms with Crippen LogP contribution in [0.2, 0.25) is 0 Å². The Morgan fingerprint density at radius 1 is 1.25 bits per heavy atom. The van der Waals surface area contributed by atoms with Crippen LogP contribution in [0, 0.1) is 11.8 Å². The lowest BCUT2D eigenvalue weighted by atomic mass is 9.73. The normalized spacial score (nSPS) is 22.6. The third-order valence-corrected chi connectivity index (χ3v) is 8.59. The molecule has 7 heteroatoms. The number of unbranched alkanes of at least 4 members (excludes halogenated alkanes) is 1. The summed E-state index contributed by atoms with van der Waals surface area (Å²) in [7, 11) is 3.67. The maximum absolute atomic E-state index is 13.4. The average Bonchev–Trinajstić information content (AvgIpc) is 3.58. The van der Waals surface area contributed by atoms with Crippen molar-refractivity contribution in [2.75, 3.05) is 47.0 Å². The van der Waals surface area contributed by atoms with Crippen molar-refractivity contribution in [3.05, 3.63) is 29.3 Å². The molecule has 3 aliphatic rings. The van der Waals surface area contributed by atoms with Crippen LogP contribution < -0.4 is 15.4 Å². The third kappa shape index (κ3) is 6.53. The molecule has 1 aromatic carbocycles. The summed E-state index contributed by atoms with van der Waals surface area (Å²) < 4.78 is 11.3. The number of ether oxygens (including phenoxy) is 2. The summed E-state index contributed by atoms with van der Waals surface area (Å²) in [4.78, 5) is 15.4. The number of hydrogen-bond donors (Lipinski definition) is 3. The maximum atomic E-state index is 13.4. The largest absolute Gasteiger partial charge is 0.493 e. The monoisotopic (exact) mass is 501 g/mol. The van der Waals surface area contributed by atoms with Crippen LogP contribution in [0.25, 0.3) is 0 Å². The van der Waals surface area contributed by atoms with E-state index in [9.17, 15) is 9.90 Å². The van der Waals surface area contributed by atoms with E-state index in [-0.39, 0.29) is 18.0 Å². The Morgan fingerprint density at radius 2 is 2.08 bits per heavy atom. The van der Waals surface area contributed by atoms with Crippen molar-refractivity contribution >= 4 is 6.03 Å². The van der Waals surface area contributed by atoms with Gasteiger partial charge in [-0.15, -0.1) is 0 Å². The molecule has 0 bridgehead atoms. The second-order valence-corrected chi connectivity index (χ2v) is 11.1. The highest BCUT2D eigenvalue weighted by Crippen LogP contribution is 2.45. The summed E-state index contributed by atoms with van der Waals surface area (Å²) in [6.45, 7) is 3.44. The quantitative estimate of drug-likeness (QED) is 0.374. The number of carbonyl (C=O) groups excluding carboxylic acids is 1. The highest BCUT2D eigenvalue weighted by Gasteiger charge is 2.44. The van der Waals surface area contributed by atoms with Crippen LogP contribution >= 0.6 is 0 Å². The number of hydrogen-bond acceptors (Lipinski definition) is 5. The summed E-state index contributed by atoms with van der Waals surface area (Å²) in [5, 5.41) is 18.9. The molecule has 2 aliphatic heterocycles. The van der Waals surface area contributed by atoms with Crippen molar-refractivity contribution < 1.29 is 19.4 Å². The predicted octanol–water partition coefficient (Wildman–Crippen LogP) is 4.22. The molecule has 1 saturated heterocycles. The van der Waals surface area contributed by atoms with Gasteiger partial charge in [0.1, 0.15) is 5.75 Å². The zero-order valence-corrected chi connectivity index (χ0v) is 22.4. The number of methoxy groups -OCH3 is 1. The van der Waals surface area contributed by atoms with Gasteiger partial charge in [-0.3, -0.25) is 0 Å². The maximum Gasteiger partial charge on any atom is 0.317 e. The molecule has 1 aromatic rings. The second-order valence-electron chi connectivity index (χ2n) is 11.1. The molecule has 0 spiro atoms. The van der Waals surface area contributed by atoms with Crippen molar-refractivity contribution in [3.63, 3.8) is 0 Å². The van der Waals surface area contributed by atoms with Crippen molar-refractivity contribution in [1.82, 2.24) is 15.5 Å². The van der Waals surface area contributed by atoms with E-state index in [1.807, 2.05) is 24.1 Å². The standard InChI is InChI=1S/C29H47N3O4/c1-30-20-25(19-22-9-3-4-10-22)31-28(33)32-16-8-12-24(21-32)29(34,15-5-6-17-35-2)26-13-7-11-23-14-18-36-27(23)26/h7,11,13,22,24-25,30,34H,3-6,8-10,12,14-21H2,1-2H3,(H,31,33)/t24?,25?,29-/m0/s1. The minimum atomic E-state index is -1.03. The van der Waals surface area contributed by atoms with Crippen molar-refractivity contribution in [1.29, 1.82) is 0 Å². The van der Waals surface area contributed by atoms with E-state index in [1.54, 1.807) is 7.11 Å². The molecule has 1 saturated carbocycles. The Bertz CT molecular complexity index is 844. The molecule has 1 aliphatic carbocycles. The number of nitrogens with one attached hydrogen (secondary N) is 2. The molecule has 202 valence electrons. The van der Waals surface area contributed by atoms with Gasteiger partial charge in [0.15, 0.2) is 0 Å². The van der Waals surface area contributed by atoms with Crippen molar-refractivity contribution in [2.24, 2.45) is 11.8 Å². The lowest BCUT2D eigenvalue weighted by Gasteiger charge is -2.43. The lowest BCUT2D eigenvalue weighted by Crippen LogP contribution is -2.54. The van der Waals surface area contributed by atoms with Crippen molar-refractivity contribution in [3.8, 4) is 5.75 Å². The molecule has 4 rings (SSSR count). The van der Waals surface area contributed by atoms with E-state index in [0.29, 0.717) is 26.2 Å². The number of nitrogens with zero attached hydrogens (tertiary/aromatic N) is 1. The van der Waals surface area contributed by atoms with E-state index in [0.717, 1.165) is 68.8 Å². The topological polar surface area (TPSA) is 83.1 Å². The summed E-state index contributed by atoms with van der Waals surface area (Å²) in [5.41, 5.74) is 1.04. The van der Waals surface area contributed by atoms with Crippen LogP contribution in [0.5, 0.6) is 5.75 Å². The first kappa shape index (κ1) is 27.2. The van der Waals surface area contributed by atoms with Crippen LogP contribution in [-0.4, -0.2) is 69.1 Å². The summed E-state index contributed by atoms with van der Waals surface area (Å²) in [5.74, 6) is 1.54. The zero-order valence-electron chi connectivity index (χ0n) is 22.4. The van der Waals surface area contributed by atoms with E-state index >= 15 is 0 Å². The number of aliphatic hydroxyl groups is 1. The van der Waals surface area contributed by atoms with Gasteiger partial charge >= 0.3 is 6.03 Å². The molecule has 36 heavy (non-hydrogen) atoms. The molecule has 2 fully saturated rings. The number of para-hydroxylation sites is 1. The van der Waals surface area contributed by atoms with E-state index in [2.05, 4.69) is 16.7 Å². The first-order valence-electron chi connectivity index (χ1n) is 14.2. The molecule has 0 radical (unpaired) electrons. The van der Waals surface area contributed by atoms with Gasteiger partial charge < -0.3 is 30.1 Å². The van der Waals surface area contributed by atoms with Gasteiger partial charge in [-0.05, 0) is 57.1 Å². The number of urea groups is 1. The number of amides is 2. The summed E-state index contributed by atoms with van der Waals surface area (Å²) in [6, 6.07) is 6.33. The SMILES string of the molecule is CNCC(CC1CCCC1)NC(=O)N1CCCC([C@@](O)(CCCCOC)c2cccc3c2OCC3)C1. The molecular formula is C29H47N3O4. The highest BCUT2D eigenvalue weighted by molar-refractivity contribution is 5.74.